The van der Waals surface area contributed by atoms with Gasteiger partial charge in [-0.05, 0) is 67.5 Å². The molecule has 1 aromatic carbocycles. The Hall–Kier alpha value is -4.17. The van der Waals surface area contributed by atoms with Gasteiger partial charge < -0.3 is 15.1 Å². The van der Waals surface area contributed by atoms with Crippen LogP contribution in [0.1, 0.15) is 59.3 Å². The number of nitriles is 1. The van der Waals surface area contributed by atoms with Crippen LogP contribution in [0.15, 0.2) is 48.8 Å². The molecular weight excluding hydrogens is 569 g/mol. The van der Waals surface area contributed by atoms with Gasteiger partial charge in [0.1, 0.15) is 28.8 Å². The summed E-state index contributed by atoms with van der Waals surface area (Å²) in [6.45, 7) is 1.08. The molecule has 3 aromatic rings. The number of nitrogens with one attached hydrogen (secondary N) is 1. The van der Waals surface area contributed by atoms with Gasteiger partial charge in [-0.15, -0.1) is 0 Å². The van der Waals surface area contributed by atoms with Crippen molar-refractivity contribution in [3.63, 3.8) is 0 Å². The molecule has 0 radical (unpaired) electrons. The van der Waals surface area contributed by atoms with Gasteiger partial charge in [0.25, 0.3) is 12.3 Å². The molecule has 1 saturated carbocycles. The lowest BCUT2D eigenvalue weighted by Gasteiger charge is -2.47. The monoisotopic (exact) mass is 594 g/mol. The molecule has 2 amide bonds. The first-order valence-electron chi connectivity index (χ1n) is 13.7. The molecule has 0 bridgehead atoms. The number of benzene rings is 1. The molecule has 6 rings (SSSR count). The van der Waals surface area contributed by atoms with Crippen LogP contribution in [0, 0.1) is 23.1 Å². The number of aromatic nitrogens is 2. The first kappa shape index (κ1) is 28.0. The lowest BCUT2D eigenvalue weighted by molar-refractivity contribution is -0.124. The highest BCUT2D eigenvalue weighted by Crippen LogP contribution is 2.49. The van der Waals surface area contributed by atoms with E-state index in [-0.39, 0.29) is 28.5 Å². The average molecular weight is 595 g/mol. The Morgan fingerprint density at radius 3 is 2.64 bits per heavy atom. The number of pyridine rings is 2. The SMILES string of the molecule is N#Cc1cccnc1N1CC2(C1)C(=O)N(C[C@H]1CC[C@H](NC(=O)c3cc(Cl)cnc3C(F)F)CC1)c1cc(F)ccc12. The number of carbonyl (C=O) groups is 2. The van der Waals surface area contributed by atoms with Crippen LogP contribution in [0.3, 0.4) is 0 Å². The molecule has 1 aliphatic carbocycles. The topological polar surface area (TPSA) is 102 Å². The van der Waals surface area contributed by atoms with Gasteiger partial charge in [0.2, 0.25) is 5.91 Å². The zero-order valence-corrected chi connectivity index (χ0v) is 23.1. The lowest BCUT2D eigenvalue weighted by Crippen LogP contribution is -2.64. The number of nitrogens with zero attached hydrogens (tertiary/aromatic N) is 5. The quantitative estimate of drug-likeness (QED) is 0.422. The highest BCUT2D eigenvalue weighted by atomic mass is 35.5. The number of hydrogen-bond acceptors (Lipinski definition) is 6. The summed E-state index contributed by atoms with van der Waals surface area (Å²) in [6.07, 6.45) is 2.36. The molecule has 42 heavy (non-hydrogen) atoms. The minimum absolute atomic E-state index is 0.0955. The summed E-state index contributed by atoms with van der Waals surface area (Å²) < 4.78 is 41.1. The molecule has 1 N–H and O–H groups in total. The van der Waals surface area contributed by atoms with Gasteiger partial charge in [-0.25, -0.2) is 18.2 Å². The maximum absolute atomic E-state index is 14.4. The summed E-state index contributed by atoms with van der Waals surface area (Å²) in [7, 11) is 0. The van der Waals surface area contributed by atoms with Crippen molar-refractivity contribution in [1.82, 2.24) is 15.3 Å². The van der Waals surface area contributed by atoms with Crippen molar-refractivity contribution in [3.05, 3.63) is 82.0 Å². The molecule has 8 nitrogen and oxygen atoms in total. The second-order valence-electron chi connectivity index (χ2n) is 11.1. The number of alkyl halides is 2. The molecule has 12 heteroatoms. The van der Waals surface area contributed by atoms with E-state index >= 15 is 0 Å². The summed E-state index contributed by atoms with van der Waals surface area (Å²) >= 11 is 5.89. The Morgan fingerprint density at radius 1 is 1.17 bits per heavy atom. The molecule has 3 aliphatic rings. The number of amides is 2. The van der Waals surface area contributed by atoms with Gasteiger partial charge in [-0.3, -0.25) is 14.6 Å². The van der Waals surface area contributed by atoms with E-state index in [1.54, 1.807) is 29.3 Å². The molecule has 216 valence electrons. The van der Waals surface area contributed by atoms with Crippen molar-refractivity contribution in [2.45, 2.75) is 43.6 Å². The largest absolute Gasteiger partial charge is 0.353 e. The minimum atomic E-state index is -2.91. The first-order valence-corrected chi connectivity index (χ1v) is 14.0. The summed E-state index contributed by atoms with van der Waals surface area (Å²) in [4.78, 5) is 38.2. The van der Waals surface area contributed by atoms with Crippen LogP contribution in [0.5, 0.6) is 0 Å². The summed E-state index contributed by atoms with van der Waals surface area (Å²) in [5.41, 5.74) is 0.0593. The normalized spacial score (nSPS) is 20.8. The number of halogens is 4. The minimum Gasteiger partial charge on any atom is -0.353 e. The van der Waals surface area contributed by atoms with E-state index in [2.05, 4.69) is 21.4 Å². The van der Waals surface area contributed by atoms with Crippen molar-refractivity contribution in [2.75, 3.05) is 29.4 Å². The zero-order chi connectivity index (χ0) is 29.6. The Labute approximate surface area is 245 Å². The number of rotatable bonds is 6. The van der Waals surface area contributed by atoms with Crippen LogP contribution in [0.2, 0.25) is 5.02 Å². The molecule has 2 aliphatic heterocycles. The number of fused-ring (bicyclic) bond motifs is 2. The lowest BCUT2D eigenvalue weighted by atomic mass is 9.74. The predicted octanol–water partition coefficient (Wildman–Crippen LogP) is 5.17. The first-order chi connectivity index (χ1) is 20.2. The van der Waals surface area contributed by atoms with Gasteiger partial charge in [-0.2, -0.15) is 5.26 Å². The number of hydrogen-bond donors (Lipinski definition) is 1. The molecule has 0 unspecified atom stereocenters. The van der Waals surface area contributed by atoms with E-state index in [1.807, 2.05) is 4.90 Å². The van der Waals surface area contributed by atoms with Gasteiger partial charge in [-0.1, -0.05) is 17.7 Å². The third kappa shape index (κ3) is 4.83. The van der Waals surface area contributed by atoms with Gasteiger partial charge >= 0.3 is 0 Å². The van der Waals surface area contributed by atoms with Crippen molar-refractivity contribution >= 4 is 34.9 Å². The number of anilines is 2. The fourth-order valence-electron chi connectivity index (χ4n) is 6.41. The summed E-state index contributed by atoms with van der Waals surface area (Å²) in [6, 6.07) is 10.9. The van der Waals surface area contributed by atoms with Crippen LogP contribution in [-0.2, 0) is 10.2 Å². The van der Waals surface area contributed by atoms with Crippen LogP contribution in [-0.4, -0.2) is 47.5 Å². The highest BCUT2D eigenvalue weighted by Gasteiger charge is 2.59. The fourth-order valence-corrected chi connectivity index (χ4v) is 6.57. The molecular formula is C30H26ClF3N6O2. The van der Waals surface area contributed by atoms with Gasteiger partial charge in [0.05, 0.1) is 21.8 Å². The Balaban J connectivity index is 1.13. The van der Waals surface area contributed by atoms with Crippen molar-refractivity contribution in [1.29, 1.82) is 5.26 Å². The van der Waals surface area contributed by atoms with E-state index in [9.17, 15) is 28.0 Å². The molecule has 2 fully saturated rings. The van der Waals surface area contributed by atoms with Crippen molar-refractivity contribution in [2.24, 2.45) is 5.92 Å². The smallest absolute Gasteiger partial charge is 0.281 e. The Morgan fingerprint density at radius 2 is 1.93 bits per heavy atom. The van der Waals surface area contributed by atoms with Crippen molar-refractivity contribution in [3.8, 4) is 6.07 Å². The average Bonchev–Trinajstić information content (AvgIpc) is 3.19. The maximum Gasteiger partial charge on any atom is 0.281 e. The molecule has 1 spiro atoms. The van der Waals surface area contributed by atoms with Crippen molar-refractivity contribution < 1.29 is 22.8 Å². The zero-order valence-electron chi connectivity index (χ0n) is 22.4. The van der Waals surface area contributed by atoms with Crippen LogP contribution >= 0.6 is 11.6 Å². The third-order valence-corrected chi connectivity index (χ3v) is 8.71. The standard InChI is InChI=1S/C30H26ClF3N6O2/c31-19-10-22(25(26(33)34)37-13-19)28(41)38-21-6-3-17(4-7-21)14-40-24-11-20(32)5-8-23(24)30(29(40)42)15-39(16-30)27-18(12-35)2-1-9-36-27/h1-2,5,8-11,13,17,21,26H,3-4,6-7,14-16H2,(H,38,41)/t17-,21-. The predicted molar refractivity (Wildman–Crippen MR) is 149 cm³/mol. The molecule has 1 saturated heterocycles. The summed E-state index contributed by atoms with van der Waals surface area (Å²) in [5.74, 6) is -0.546. The van der Waals surface area contributed by atoms with Gasteiger partial charge in [0.15, 0.2) is 0 Å². The molecule has 2 aromatic heterocycles. The van der Waals surface area contributed by atoms with Gasteiger partial charge in [0, 0.05) is 38.1 Å². The number of carbonyl (C=O) groups excluding carboxylic acids is 2. The Bertz CT molecular complexity index is 1600. The van der Waals surface area contributed by atoms with E-state index in [4.69, 9.17) is 11.6 Å². The van der Waals surface area contributed by atoms with Crippen LogP contribution < -0.4 is 15.1 Å². The van der Waals surface area contributed by atoms with E-state index in [0.29, 0.717) is 62.4 Å². The van der Waals surface area contributed by atoms with Crippen LogP contribution in [0.4, 0.5) is 24.7 Å². The van der Waals surface area contributed by atoms with E-state index in [0.717, 1.165) is 11.8 Å². The van der Waals surface area contributed by atoms with Crippen LogP contribution in [0.25, 0.3) is 0 Å². The summed E-state index contributed by atoms with van der Waals surface area (Å²) in [5, 5.41) is 12.4. The molecule has 4 heterocycles. The maximum atomic E-state index is 14.4. The fraction of sp³-hybridized carbons (Fsp3) is 0.367. The Kier molecular flexibility index (Phi) is 7.27. The second-order valence-corrected chi connectivity index (χ2v) is 11.5. The third-order valence-electron chi connectivity index (χ3n) is 8.51. The molecule has 0 atom stereocenters. The van der Waals surface area contributed by atoms with E-state index in [1.165, 1.54) is 18.2 Å². The van der Waals surface area contributed by atoms with E-state index < -0.39 is 29.3 Å². The second kappa shape index (κ2) is 10.9. The highest BCUT2D eigenvalue weighted by molar-refractivity contribution is 6.30.